The number of aromatic nitrogens is 5. The Labute approximate surface area is 169 Å². The Morgan fingerprint density at radius 1 is 0.933 bits per heavy atom. The standard InChI is InChI=1S/C22H17N5O3/c1-12-16-17(13-6-4-3-5-7-13)18-19(24-22(29)25-21(18)28)23-20(16)27(26-12)14-8-10-15(30-2)11-9-14/h3-11H,1-2H3,(H2,23,24,25,28,29). The predicted molar refractivity (Wildman–Crippen MR) is 114 cm³/mol. The molecule has 5 rings (SSSR count). The van der Waals surface area contributed by atoms with Crippen molar-refractivity contribution in [3.05, 3.63) is 81.1 Å². The molecule has 0 unspecified atom stereocenters. The summed E-state index contributed by atoms with van der Waals surface area (Å²) in [6.45, 7) is 1.88. The fraction of sp³-hybridized carbons (Fsp3) is 0.0909. The molecule has 0 aliphatic rings. The second-order valence-corrected chi connectivity index (χ2v) is 6.88. The summed E-state index contributed by atoms with van der Waals surface area (Å²) in [4.78, 5) is 34.3. The van der Waals surface area contributed by atoms with Crippen LogP contribution in [-0.2, 0) is 0 Å². The van der Waals surface area contributed by atoms with Gasteiger partial charge in [0.2, 0.25) is 0 Å². The fourth-order valence-corrected chi connectivity index (χ4v) is 3.73. The third-order valence-corrected chi connectivity index (χ3v) is 5.06. The maximum Gasteiger partial charge on any atom is 0.327 e. The van der Waals surface area contributed by atoms with Crippen LogP contribution in [0.4, 0.5) is 0 Å². The average Bonchev–Trinajstić information content (AvgIpc) is 3.09. The molecule has 2 N–H and O–H groups in total. The van der Waals surface area contributed by atoms with Crippen molar-refractivity contribution in [2.45, 2.75) is 6.92 Å². The molecule has 148 valence electrons. The van der Waals surface area contributed by atoms with E-state index in [1.807, 2.05) is 61.5 Å². The Kier molecular flexibility index (Phi) is 3.99. The van der Waals surface area contributed by atoms with Crippen LogP contribution in [0.5, 0.6) is 5.75 Å². The summed E-state index contributed by atoms with van der Waals surface area (Å²) in [6, 6.07) is 17.0. The van der Waals surface area contributed by atoms with Crippen molar-refractivity contribution < 1.29 is 4.74 Å². The third-order valence-electron chi connectivity index (χ3n) is 5.06. The van der Waals surface area contributed by atoms with Crippen LogP contribution >= 0.6 is 0 Å². The lowest BCUT2D eigenvalue weighted by Gasteiger charge is -2.09. The highest BCUT2D eigenvalue weighted by Crippen LogP contribution is 2.35. The van der Waals surface area contributed by atoms with Crippen LogP contribution in [0, 0.1) is 6.92 Å². The van der Waals surface area contributed by atoms with Crippen molar-refractivity contribution in [2.75, 3.05) is 7.11 Å². The Morgan fingerprint density at radius 2 is 1.67 bits per heavy atom. The molecule has 0 amide bonds. The van der Waals surface area contributed by atoms with E-state index in [1.165, 1.54) is 0 Å². The molecule has 30 heavy (non-hydrogen) atoms. The van der Waals surface area contributed by atoms with E-state index in [0.717, 1.165) is 28.1 Å². The van der Waals surface area contributed by atoms with Crippen LogP contribution in [0.2, 0.25) is 0 Å². The molecule has 0 saturated heterocycles. The van der Waals surface area contributed by atoms with Gasteiger partial charge >= 0.3 is 5.69 Å². The second-order valence-electron chi connectivity index (χ2n) is 6.88. The van der Waals surface area contributed by atoms with Crippen molar-refractivity contribution in [3.8, 4) is 22.6 Å². The fourth-order valence-electron chi connectivity index (χ4n) is 3.73. The van der Waals surface area contributed by atoms with Gasteiger partial charge in [0.1, 0.15) is 11.4 Å². The molecular formula is C22H17N5O3. The van der Waals surface area contributed by atoms with Gasteiger partial charge in [-0.15, -0.1) is 0 Å². The minimum Gasteiger partial charge on any atom is -0.497 e. The minimum absolute atomic E-state index is 0.213. The number of aryl methyl sites for hydroxylation is 1. The van der Waals surface area contributed by atoms with E-state index in [0.29, 0.717) is 16.6 Å². The second kappa shape index (κ2) is 6.70. The molecule has 0 aliphatic carbocycles. The Bertz CT molecular complexity index is 1510. The van der Waals surface area contributed by atoms with Gasteiger partial charge in [-0.3, -0.25) is 14.8 Å². The van der Waals surface area contributed by atoms with Crippen molar-refractivity contribution in [1.29, 1.82) is 0 Å². The van der Waals surface area contributed by atoms with Crippen LogP contribution in [0.15, 0.2) is 64.2 Å². The monoisotopic (exact) mass is 399 g/mol. The van der Waals surface area contributed by atoms with Gasteiger partial charge in [-0.05, 0) is 36.8 Å². The van der Waals surface area contributed by atoms with Gasteiger partial charge in [0.05, 0.1) is 29.3 Å². The topological polar surface area (TPSA) is 106 Å². The number of H-pyrrole nitrogens is 2. The van der Waals surface area contributed by atoms with Crippen LogP contribution < -0.4 is 16.0 Å². The summed E-state index contributed by atoms with van der Waals surface area (Å²) in [5, 5.41) is 5.76. The van der Waals surface area contributed by atoms with Gasteiger partial charge in [-0.25, -0.2) is 14.5 Å². The lowest BCUT2D eigenvalue weighted by molar-refractivity contribution is 0.414. The van der Waals surface area contributed by atoms with E-state index in [-0.39, 0.29) is 5.65 Å². The van der Waals surface area contributed by atoms with E-state index in [2.05, 4.69) is 20.1 Å². The molecule has 0 saturated carbocycles. The summed E-state index contributed by atoms with van der Waals surface area (Å²) >= 11 is 0. The van der Waals surface area contributed by atoms with E-state index in [4.69, 9.17) is 4.74 Å². The molecule has 0 bridgehead atoms. The zero-order valence-electron chi connectivity index (χ0n) is 16.3. The van der Waals surface area contributed by atoms with E-state index in [1.54, 1.807) is 11.8 Å². The number of nitrogens with zero attached hydrogens (tertiary/aromatic N) is 3. The largest absolute Gasteiger partial charge is 0.497 e. The zero-order chi connectivity index (χ0) is 20.8. The maximum atomic E-state index is 12.7. The number of aromatic amines is 2. The molecule has 3 aromatic heterocycles. The Balaban J connectivity index is 1.95. The van der Waals surface area contributed by atoms with Gasteiger partial charge in [0, 0.05) is 5.56 Å². The van der Waals surface area contributed by atoms with Crippen LogP contribution in [0.3, 0.4) is 0 Å². The minimum atomic E-state index is -0.606. The summed E-state index contributed by atoms with van der Waals surface area (Å²) in [5.41, 5.74) is 2.70. The summed E-state index contributed by atoms with van der Waals surface area (Å²) < 4.78 is 6.94. The zero-order valence-corrected chi connectivity index (χ0v) is 16.3. The van der Waals surface area contributed by atoms with E-state index >= 15 is 0 Å². The van der Waals surface area contributed by atoms with Gasteiger partial charge < -0.3 is 4.74 Å². The maximum absolute atomic E-state index is 12.7. The normalized spacial score (nSPS) is 11.3. The molecule has 0 radical (unpaired) electrons. The van der Waals surface area contributed by atoms with Crippen LogP contribution in [0.25, 0.3) is 38.9 Å². The number of nitrogens with one attached hydrogen (secondary N) is 2. The highest BCUT2D eigenvalue weighted by molar-refractivity contribution is 6.08. The summed E-state index contributed by atoms with van der Waals surface area (Å²) in [6.07, 6.45) is 0. The van der Waals surface area contributed by atoms with Gasteiger partial charge in [-0.1, -0.05) is 30.3 Å². The van der Waals surface area contributed by atoms with Gasteiger partial charge in [-0.2, -0.15) is 5.10 Å². The number of methoxy groups -OCH3 is 1. The lowest BCUT2D eigenvalue weighted by atomic mass is 9.99. The first-order valence-electron chi connectivity index (χ1n) is 9.32. The molecule has 0 atom stereocenters. The van der Waals surface area contributed by atoms with Crippen molar-refractivity contribution in [2.24, 2.45) is 0 Å². The molecule has 0 fully saturated rings. The number of benzene rings is 2. The van der Waals surface area contributed by atoms with Gasteiger partial charge in [0.15, 0.2) is 5.65 Å². The molecule has 8 heteroatoms. The number of fused-ring (bicyclic) bond motifs is 2. The number of pyridine rings is 1. The number of hydrogen-bond acceptors (Lipinski definition) is 5. The average molecular weight is 399 g/mol. The summed E-state index contributed by atoms with van der Waals surface area (Å²) in [5.74, 6) is 0.728. The van der Waals surface area contributed by atoms with Crippen molar-refractivity contribution in [3.63, 3.8) is 0 Å². The molecular weight excluding hydrogens is 382 g/mol. The van der Waals surface area contributed by atoms with E-state index in [9.17, 15) is 9.59 Å². The summed E-state index contributed by atoms with van der Waals surface area (Å²) in [7, 11) is 1.61. The number of hydrogen-bond donors (Lipinski definition) is 2. The molecule has 0 spiro atoms. The van der Waals surface area contributed by atoms with Gasteiger partial charge in [0.25, 0.3) is 5.56 Å². The first-order valence-corrected chi connectivity index (χ1v) is 9.32. The molecule has 5 aromatic rings. The Hall–Kier alpha value is -4.20. The number of ether oxygens (including phenoxy) is 1. The molecule has 3 heterocycles. The molecule has 0 aliphatic heterocycles. The quantitative estimate of drug-likeness (QED) is 0.485. The lowest BCUT2D eigenvalue weighted by Crippen LogP contribution is -2.23. The third kappa shape index (κ3) is 2.69. The highest BCUT2D eigenvalue weighted by Gasteiger charge is 2.21. The van der Waals surface area contributed by atoms with Crippen LogP contribution in [0.1, 0.15) is 5.69 Å². The highest BCUT2D eigenvalue weighted by atomic mass is 16.5. The number of rotatable bonds is 3. The molecule has 2 aromatic carbocycles. The van der Waals surface area contributed by atoms with E-state index < -0.39 is 11.2 Å². The first kappa shape index (κ1) is 17.9. The first-order chi connectivity index (χ1) is 14.6. The van der Waals surface area contributed by atoms with Crippen molar-refractivity contribution >= 4 is 22.1 Å². The Morgan fingerprint density at radius 3 is 2.37 bits per heavy atom. The van der Waals surface area contributed by atoms with Crippen LogP contribution in [-0.4, -0.2) is 31.8 Å². The SMILES string of the molecule is COc1ccc(-n2nc(C)c3c(-c4ccccc4)c4c(=O)[nH]c(=O)[nH]c4nc32)cc1. The predicted octanol–water partition coefficient (Wildman–Crippen LogP) is 2.93. The molecule has 8 nitrogen and oxygen atoms in total. The smallest absolute Gasteiger partial charge is 0.327 e. The van der Waals surface area contributed by atoms with Crippen molar-refractivity contribution in [1.82, 2.24) is 24.7 Å².